The van der Waals surface area contributed by atoms with Gasteiger partial charge in [-0.3, -0.25) is 4.79 Å². The second kappa shape index (κ2) is 7.60. The number of carbonyl (C=O) groups is 1. The first-order valence-corrected chi connectivity index (χ1v) is 9.89. The summed E-state index contributed by atoms with van der Waals surface area (Å²) in [4.78, 5) is 19.0. The van der Waals surface area contributed by atoms with Gasteiger partial charge in [0.15, 0.2) is 5.58 Å². The summed E-state index contributed by atoms with van der Waals surface area (Å²) in [6, 6.07) is 13.2. The van der Waals surface area contributed by atoms with Crippen LogP contribution in [0.25, 0.3) is 11.1 Å². The van der Waals surface area contributed by atoms with Crippen molar-refractivity contribution < 1.29 is 9.21 Å². The molecule has 0 bridgehead atoms. The minimum absolute atomic E-state index is 0.111. The van der Waals surface area contributed by atoms with E-state index in [9.17, 15) is 4.79 Å². The Kier molecular flexibility index (Phi) is 5.04. The number of nitrogens with one attached hydrogen (secondary N) is 1. The number of hydrogen-bond donors (Lipinski definition) is 1. The Morgan fingerprint density at radius 1 is 1.19 bits per heavy atom. The summed E-state index contributed by atoms with van der Waals surface area (Å²) >= 11 is 7.67. The molecule has 1 aliphatic rings. The van der Waals surface area contributed by atoms with Crippen LogP contribution in [0.15, 0.2) is 52.1 Å². The second-order valence-corrected chi connectivity index (χ2v) is 7.45. The Bertz CT molecular complexity index is 904. The maximum absolute atomic E-state index is 12.4. The van der Waals surface area contributed by atoms with E-state index in [2.05, 4.69) is 15.2 Å². The Labute approximate surface area is 160 Å². The van der Waals surface area contributed by atoms with Crippen LogP contribution in [0.4, 0.5) is 11.4 Å². The minimum atomic E-state index is -0.111. The van der Waals surface area contributed by atoms with Gasteiger partial charge in [-0.15, -0.1) is 0 Å². The molecule has 2 aromatic carbocycles. The van der Waals surface area contributed by atoms with Gasteiger partial charge < -0.3 is 14.6 Å². The minimum Gasteiger partial charge on any atom is -0.431 e. The molecule has 1 amide bonds. The Morgan fingerprint density at radius 3 is 2.81 bits per heavy atom. The molecule has 3 aromatic rings. The summed E-state index contributed by atoms with van der Waals surface area (Å²) < 4.78 is 5.64. The number of para-hydroxylation sites is 3. The van der Waals surface area contributed by atoms with Crippen molar-refractivity contribution in [2.24, 2.45) is 0 Å². The van der Waals surface area contributed by atoms with Crippen molar-refractivity contribution in [1.29, 1.82) is 0 Å². The van der Waals surface area contributed by atoms with E-state index in [0.29, 0.717) is 10.2 Å². The number of nitrogens with zero attached hydrogens (tertiary/aromatic N) is 2. The zero-order chi connectivity index (χ0) is 17.9. The van der Waals surface area contributed by atoms with Crippen molar-refractivity contribution in [2.75, 3.05) is 29.1 Å². The Balaban J connectivity index is 1.44. The number of oxazole rings is 1. The third kappa shape index (κ3) is 3.66. The van der Waals surface area contributed by atoms with E-state index in [1.165, 1.54) is 11.8 Å². The van der Waals surface area contributed by atoms with Gasteiger partial charge in [-0.05, 0) is 37.1 Å². The molecule has 1 aromatic heterocycles. The third-order valence-corrected chi connectivity index (χ3v) is 5.42. The smallest absolute Gasteiger partial charge is 0.257 e. The van der Waals surface area contributed by atoms with Crippen molar-refractivity contribution in [3.05, 3.63) is 47.5 Å². The summed E-state index contributed by atoms with van der Waals surface area (Å²) in [6.45, 7) is 1.93. The number of anilines is 2. The van der Waals surface area contributed by atoms with E-state index in [4.69, 9.17) is 16.0 Å². The molecular weight excluding hydrogens is 370 g/mol. The maximum Gasteiger partial charge on any atom is 0.257 e. The van der Waals surface area contributed by atoms with Crippen molar-refractivity contribution in [1.82, 2.24) is 4.98 Å². The molecule has 2 heterocycles. The van der Waals surface area contributed by atoms with Gasteiger partial charge >= 0.3 is 0 Å². The van der Waals surface area contributed by atoms with Crippen LogP contribution >= 0.6 is 23.4 Å². The maximum atomic E-state index is 12.4. The number of fused-ring (bicyclic) bond motifs is 1. The summed E-state index contributed by atoms with van der Waals surface area (Å²) in [5.74, 6) is 0.110. The van der Waals surface area contributed by atoms with Gasteiger partial charge in [0, 0.05) is 13.1 Å². The van der Waals surface area contributed by atoms with Crippen LogP contribution in [0, 0.1) is 0 Å². The fraction of sp³-hybridized carbons (Fsp3) is 0.263. The topological polar surface area (TPSA) is 58.4 Å². The van der Waals surface area contributed by atoms with E-state index < -0.39 is 0 Å². The first kappa shape index (κ1) is 17.2. The molecule has 1 fully saturated rings. The molecule has 5 nitrogen and oxygen atoms in total. The van der Waals surface area contributed by atoms with Crippen molar-refractivity contribution in [3.63, 3.8) is 0 Å². The highest BCUT2D eigenvalue weighted by atomic mass is 35.5. The predicted octanol–water partition coefficient (Wildman–Crippen LogP) is 4.81. The molecular formula is C19H18ClN3O2S. The van der Waals surface area contributed by atoms with Crippen LogP contribution < -0.4 is 10.2 Å². The van der Waals surface area contributed by atoms with E-state index in [1.807, 2.05) is 42.5 Å². The number of amides is 1. The summed E-state index contributed by atoms with van der Waals surface area (Å²) in [6.07, 6.45) is 2.29. The standard InChI is InChI=1S/C19H18ClN3O2S/c20-13-6-5-8-15(18(13)23-10-3-4-11-23)21-17(24)12-26-19-22-14-7-1-2-9-16(14)25-19/h1-2,5-9H,3-4,10-12H2,(H,21,24). The highest BCUT2D eigenvalue weighted by Crippen LogP contribution is 2.36. The van der Waals surface area contributed by atoms with Gasteiger partial charge in [-0.1, -0.05) is 41.6 Å². The monoisotopic (exact) mass is 387 g/mol. The van der Waals surface area contributed by atoms with Crippen LogP contribution in [0.2, 0.25) is 5.02 Å². The zero-order valence-corrected chi connectivity index (χ0v) is 15.6. The summed E-state index contributed by atoms with van der Waals surface area (Å²) in [5, 5.41) is 4.13. The fourth-order valence-corrected chi connectivity index (χ4v) is 4.04. The lowest BCUT2D eigenvalue weighted by molar-refractivity contribution is -0.113. The second-order valence-electron chi connectivity index (χ2n) is 6.11. The summed E-state index contributed by atoms with van der Waals surface area (Å²) in [7, 11) is 0. The highest BCUT2D eigenvalue weighted by Gasteiger charge is 2.20. The van der Waals surface area contributed by atoms with E-state index in [0.717, 1.165) is 48.4 Å². The van der Waals surface area contributed by atoms with Crippen molar-refractivity contribution >= 4 is 51.7 Å². The predicted molar refractivity (Wildman–Crippen MR) is 106 cm³/mol. The number of benzene rings is 2. The van der Waals surface area contributed by atoms with Gasteiger partial charge in [0.05, 0.1) is 22.2 Å². The number of aromatic nitrogens is 1. The lowest BCUT2D eigenvalue weighted by Gasteiger charge is -2.22. The van der Waals surface area contributed by atoms with Crippen LogP contribution in [-0.4, -0.2) is 29.7 Å². The van der Waals surface area contributed by atoms with Crippen LogP contribution in [-0.2, 0) is 4.79 Å². The normalized spacial score (nSPS) is 14.1. The first-order valence-electron chi connectivity index (χ1n) is 8.52. The molecule has 0 saturated carbocycles. The largest absolute Gasteiger partial charge is 0.431 e. The molecule has 4 rings (SSSR count). The average molecular weight is 388 g/mol. The molecule has 0 aliphatic carbocycles. The fourth-order valence-electron chi connectivity index (χ4n) is 3.10. The first-order chi connectivity index (χ1) is 12.7. The number of thioether (sulfide) groups is 1. The van der Waals surface area contributed by atoms with Gasteiger partial charge in [0.2, 0.25) is 5.91 Å². The van der Waals surface area contributed by atoms with E-state index in [-0.39, 0.29) is 11.7 Å². The average Bonchev–Trinajstić information content (AvgIpc) is 3.29. The van der Waals surface area contributed by atoms with E-state index in [1.54, 1.807) is 0 Å². The van der Waals surface area contributed by atoms with Gasteiger partial charge in [0.1, 0.15) is 5.52 Å². The number of rotatable bonds is 5. The molecule has 26 heavy (non-hydrogen) atoms. The molecule has 1 N–H and O–H groups in total. The van der Waals surface area contributed by atoms with Gasteiger partial charge in [-0.2, -0.15) is 0 Å². The molecule has 0 radical (unpaired) electrons. The number of carbonyl (C=O) groups excluding carboxylic acids is 1. The lowest BCUT2D eigenvalue weighted by Crippen LogP contribution is -2.22. The molecule has 1 saturated heterocycles. The Morgan fingerprint density at radius 2 is 2.00 bits per heavy atom. The quantitative estimate of drug-likeness (QED) is 0.636. The van der Waals surface area contributed by atoms with Crippen LogP contribution in [0.1, 0.15) is 12.8 Å². The van der Waals surface area contributed by atoms with E-state index >= 15 is 0 Å². The van der Waals surface area contributed by atoms with Crippen molar-refractivity contribution in [3.8, 4) is 0 Å². The molecule has 134 valence electrons. The van der Waals surface area contributed by atoms with Crippen LogP contribution in [0.5, 0.6) is 0 Å². The molecule has 0 unspecified atom stereocenters. The number of halogens is 1. The molecule has 1 aliphatic heterocycles. The summed E-state index contributed by atoms with van der Waals surface area (Å²) in [5.41, 5.74) is 3.18. The number of hydrogen-bond acceptors (Lipinski definition) is 5. The molecule has 0 spiro atoms. The lowest BCUT2D eigenvalue weighted by atomic mass is 10.2. The van der Waals surface area contributed by atoms with Crippen LogP contribution in [0.3, 0.4) is 0 Å². The SMILES string of the molecule is O=C(CSc1nc2ccccc2o1)Nc1cccc(Cl)c1N1CCCC1. The molecule has 0 atom stereocenters. The zero-order valence-electron chi connectivity index (χ0n) is 14.1. The Hall–Kier alpha value is -2.18. The van der Waals surface area contributed by atoms with Crippen molar-refractivity contribution in [2.45, 2.75) is 18.1 Å². The molecule has 7 heteroatoms. The van der Waals surface area contributed by atoms with Gasteiger partial charge in [-0.25, -0.2) is 4.98 Å². The third-order valence-electron chi connectivity index (χ3n) is 4.28. The van der Waals surface area contributed by atoms with Gasteiger partial charge in [0.25, 0.3) is 5.22 Å². The highest BCUT2D eigenvalue weighted by molar-refractivity contribution is 7.99.